The van der Waals surface area contributed by atoms with Gasteiger partial charge in [-0.05, 0) is 90.4 Å². The lowest BCUT2D eigenvalue weighted by atomic mass is 9.85. The van der Waals surface area contributed by atoms with E-state index in [1.807, 2.05) is 0 Å². The molecule has 1 aliphatic carbocycles. The Morgan fingerprint density at radius 1 is 1.06 bits per heavy atom. The number of carboxylic acid groups (broad SMARTS) is 1. The molecule has 0 amide bonds. The average Bonchev–Trinajstić information content (AvgIpc) is 2.71. The van der Waals surface area contributed by atoms with Crippen LogP contribution in [0.4, 0.5) is 0 Å². The van der Waals surface area contributed by atoms with E-state index >= 15 is 0 Å². The van der Waals surface area contributed by atoms with E-state index < -0.39 is 5.97 Å². The first-order valence-corrected chi connectivity index (χ1v) is 12.7. The number of hydrogen-bond donors (Lipinski definition) is 2. The smallest absolute Gasteiger partial charge is 0.306 e. The molecule has 0 fully saturated rings. The van der Waals surface area contributed by atoms with Crippen molar-refractivity contribution in [3.63, 3.8) is 0 Å². The first-order valence-electron chi connectivity index (χ1n) is 12.2. The number of hydrogen-bond acceptors (Lipinski definition) is 2. The zero-order valence-corrected chi connectivity index (χ0v) is 21.7. The molecule has 0 bridgehead atoms. The zero-order chi connectivity index (χ0) is 23.4. The predicted octanol–water partition coefficient (Wildman–Crippen LogP) is 8.57. The molecule has 4 unspecified atom stereocenters. The number of carbonyl (C=O) groups is 1. The molecule has 3 heteroatoms. The van der Waals surface area contributed by atoms with Crippen LogP contribution in [-0.4, -0.2) is 16.3 Å². The fourth-order valence-corrected chi connectivity index (χ4v) is 4.47. The van der Waals surface area contributed by atoms with Crippen LogP contribution < -0.4 is 0 Å². The van der Waals surface area contributed by atoms with Crippen LogP contribution in [0.3, 0.4) is 0 Å². The third-order valence-electron chi connectivity index (χ3n) is 6.87. The molecule has 0 spiro atoms. The minimum atomic E-state index is -0.694. The van der Waals surface area contributed by atoms with E-state index in [9.17, 15) is 4.79 Å². The van der Waals surface area contributed by atoms with Crippen molar-refractivity contribution >= 4 is 18.6 Å². The van der Waals surface area contributed by atoms with Gasteiger partial charge in [0.25, 0.3) is 0 Å². The molecule has 0 radical (unpaired) electrons. The van der Waals surface area contributed by atoms with Gasteiger partial charge in [0.15, 0.2) is 0 Å². The van der Waals surface area contributed by atoms with Crippen LogP contribution in [0, 0.1) is 17.8 Å². The summed E-state index contributed by atoms with van der Waals surface area (Å²) in [5.41, 5.74) is 5.83. The van der Waals surface area contributed by atoms with Gasteiger partial charge < -0.3 is 5.11 Å². The van der Waals surface area contributed by atoms with Crippen molar-refractivity contribution in [2.75, 3.05) is 0 Å². The van der Waals surface area contributed by atoms with E-state index in [1.54, 1.807) is 6.92 Å². The van der Waals surface area contributed by atoms with Gasteiger partial charge in [-0.2, -0.15) is 12.6 Å². The lowest BCUT2D eigenvalue weighted by Gasteiger charge is -2.27. The maximum absolute atomic E-state index is 10.9. The van der Waals surface area contributed by atoms with Crippen LogP contribution >= 0.6 is 12.6 Å². The third kappa shape index (κ3) is 11.3. The van der Waals surface area contributed by atoms with Crippen LogP contribution in [0.15, 0.2) is 46.6 Å². The molecule has 31 heavy (non-hydrogen) atoms. The highest BCUT2D eigenvalue weighted by Gasteiger charge is 2.21. The molecule has 4 atom stereocenters. The standard InChI is InChI=1S/C28H46O2S/c1-20(10-7-11-21(2)14-9-15-24(5)28(29)30)12-8-13-22(3)16-18-26-19-17-23(4)25(6)27(26)31/h12,14,17,19,22,24-25,27,31H,7-11,13,15-16,18H2,1-6H3,(H,29,30)/b20-12+,21-14+. The SMILES string of the molecule is CC1=CC=C(CCC(C)CC/C=C(\C)CCC/C(C)=C/CCC(C)C(=O)O)C(S)C1C. The van der Waals surface area contributed by atoms with Gasteiger partial charge in [-0.1, -0.05) is 67.4 Å². The van der Waals surface area contributed by atoms with Gasteiger partial charge in [-0.3, -0.25) is 4.79 Å². The molecule has 2 nitrogen and oxygen atoms in total. The second-order valence-electron chi connectivity index (χ2n) is 9.88. The second-order valence-corrected chi connectivity index (χ2v) is 10.4. The van der Waals surface area contributed by atoms with Crippen molar-refractivity contribution in [3.8, 4) is 0 Å². The largest absolute Gasteiger partial charge is 0.481 e. The summed E-state index contributed by atoms with van der Waals surface area (Å²) in [6.45, 7) is 13.1. The minimum absolute atomic E-state index is 0.250. The number of rotatable bonds is 14. The summed E-state index contributed by atoms with van der Waals surface area (Å²) in [6, 6.07) is 0. The fourth-order valence-electron chi connectivity index (χ4n) is 4.02. The lowest BCUT2D eigenvalue weighted by molar-refractivity contribution is -0.141. The maximum Gasteiger partial charge on any atom is 0.306 e. The van der Waals surface area contributed by atoms with E-state index in [1.165, 1.54) is 54.4 Å². The van der Waals surface area contributed by atoms with Crippen molar-refractivity contribution in [3.05, 3.63) is 46.6 Å². The van der Waals surface area contributed by atoms with E-state index in [0.29, 0.717) is 11.2 Å². The van der Waals surface area contributed by atoms with Crippen LogP contribution in [0.5, 0.6) is 0 Å². The Labute approximate surface area is 197 Å². The quantitative estimate of drug-likeness (QED) is 0.207. The van der Waals surface area contributed by atoms with Gasteiger partial charge >= 0.3 is 5.97 Å². The normalized spacial score (nSPS) is 22.0. The average molecular weight is 447 g/mol. The van der Waals surface area contributed by atoms with Crippen LogP contribution in [-0.2, 0) is 4.79 Å². The molecule has 1 N–H and O–H groups in total. The Morgan fingerprint density at radius 2 is 1.65 bits per heavy atom. The molecule has 0 aromatic rings. The van der Waals surface area contributed by atoms with Crippen molar-refractivity contribution < 1.29 is 9.90 Å². The van der Waals surface area contributed by atoms with Gasteiger partial charge in [-0.25, -0.2) is 0 Å². The van der Waals surface area contributed by atoms with E-state index in [0.717, 1.165) is 31.6 Å². The summed E-state index contributed by atoms with van der Waals surface area (Å²) in [5.74, 6) is 0.349. The van der Waals surface area contributed by atoms with Crippen molar-refractivity contribution in [2.45, 2.75) is 105 Å². The van der Waals surface area contributed by atoms with Gasteiger partial charge in [-0.15, -0.1) is 0 Å². The Kier molecular flexibility index (Phi) is 13.3. The first-order chi connectivity index (χ1) is 14.6. The summed E-state index contributed by atoms with van der Waals surface area (Å²) >= 11 is 4.85. The Bertz CT molecular complexity index is 683. The van der Waals surface area contributed by atoms with Crippen LogP contribution in [0.1, 0.15) is 99.3 Å². The second kappa shape index (κ2) is 14.8. The van der Waals surface area contributed by atoms with Crippen molar-refractivity contribution in [1.82, 2.24) is 0 Å². The molecule has 0 aromatic heterocycles. The summed E-state index contributed by atoms with van der Waals surface area (Å²) in [5, 5.41) is 9.33. The number of allylic oxidation sites excluding steroid dienone is 7. The fraction of sp³-hybridized carbons (Fsp3) is 0.679. The molecular weight excluding hydrogens is 400 g/mol. The van der Waals surface area contributed by atoms with Crippen LogP contribution in [0.2, 0.25) is 0 Å². The number of carboxylic acids is 1. The summed E-state index contributed by atoms with van der Waals surface area (Å²) < 4.78 is 0. The maximum atomic E-state index is 10.9. The monoisotopic (exact) mass is 446 g/mol. The molecule has 0 saturated heterocycles. The molecule has 1 aliphatic rings. The summed E-state index contributed by atoms with van der Waals surface area (Å²) in [4.78, 5) is 10.9. The van der Waals surface area contributed by atoms with Crippen molar-refractivity contribution in [2.24, 2.45) is 17.8 Å². The van der Waals surface area contributed by atoms with Gasteiger partial charge in [0.1, 0.15) is 0 Å². The van der Waals surface area contributed by atoms with E-state index in [2.05, 4.69) is 58.9 Å². The highest BCUT2D eigenvalue weighted by Crippen LogP contribution is 2.32. The molecule has 176 valence electrons. The number of thiol groups is 1. The van der Waals surface area contributed by atoms with E-state index in [-0.39, 0.29) is 5.92 Å². The van der Waals surface area contributed by atoms with Gasteiger partial charge in [0, 0.05) is 5.25 Å². The Morgan fingerprint density at radius 3 is 2.23 bits per heavy atom. The molecule has 0 saturated carbocycles. The Balaban J connectivity index is 2.22. The van der Waals surface area contributed by atoms with Gasteiger partial charge in [0.05, 0.1) is 5.92 Å². The zero-order valence-electron chi connectivity index (χ0n) is 20.8. The molecule has 0 aromatic carbocycles. The molecular formula is C28H46O2S. The predicted molar refractivity (Wildman–Crippen MR) is 139 cm³/mol. The highest BCUT2D eigenvalue weighted by atomic mass is 32.1. The Hall–Kier alpha value is -1.22. The van der Waals surface area contributed by atoms with Gasteiger partial charge in [0.2, 0.25) is 0 Å². The van der Waals surface area contributed by atoms with Crippen LogP contribution in [0.25, 0.3) is 0 Å². The third-order valence-corrected chi connectivity index (χ3v) is 7.65. The molecule has 1 rings (SSSR count). The van der Waals surface area contributed by atoms with E-state index in [4.69, 9.17) is 17.7 Å². The molecule has 0 heterocycles. The lowest BCUT2D eigenvalue weighted by Crippen LogP contribution is -2.19. The summed E-state index contributed by atoms with van der Waals surface area (Å²) in [6.07, 6.45) is 19.1. The minimum Gasteiger partial charge on any atom is -0.481 e. The number of aliphatic carboxylic acids is 1. The van der Waals surface area contributed by atoms with Crippen molar-refractivity contribution in [1.29, 1.82) is 0 Å². The highest BCUT2D eigenvalue weighted by molar-refractivity contribution is 7.81. The topological polar surface area (TPSA) is 37.3 Å². The summed E-state index contributed by atoms with van der Waals surface area (Å²) in [7, 11) is 0. The first kappa shape index (κ1) is 27.8. The molecule has 0 aliphatic heterocycles.